The SMILES string of the molecule is CN(CCO)Cc1nnc(C2CCN(CC3[C@H]4CNC[C@@H]34)CC2)n1C. The van der Waals surface area contributed by atoms with Crippen molar-refractivity contribution in [3.05, 3.63) is 11.6 Å². The summed E-state index contributed by atoms with van der Waals surface area (Å²) in [6.45, 7) is 7.77. The molecular weight excluding hydrogens is 316 g/mol. The van der Waals surface area contributed by atoms with Gasteiger partial charge in [0.15, 0.2) is 0 Å². The smallest absolute Gasteiger partial charge is 0.146 e. The maximum atomic E-state index is 9.04. The van der Waals surface area contributed by atoms with Crippen molar-refractivity contribution in [3.63, 3.8) is 0 Å². The molecule has 0 spiro atoms. The van der Waals surface area contributed by atoms with Gasteiger partial charge in [-0.25, -0.2) is 0 Å². The Bertz CT molecular complexity index is 572. The number of piperidine rings is 2. The van der Waals surface area contributed by atoms with E-state index < -0.39 is 0 Å². The Morgan fingerprint density at radius 2 is 1.92 bits per heavy atom. The largest absolute Gasteiger partial charge is 0.395 e. The molecule has 3 fully saturated rings. The first-order chi connectivity index (χ1) is 12.2. The molecule has 4 rings (SSSR count). The fourth-order valence-corrected chi connectivity index (χ4v) is 4.85. The Labute approximate surface area is 150 Å². The van der Waals surface area contributed by atoms with Gasteiger partial charge in [-0.2, -0.15) is 0 Å². The summed E-state index contributed by atoms with van der Waals surface area (Å²) < 4.78 is 2.17. The fourth-order valence-electron chi connectivity index (χ4n) is 4.85. The summed E-state index contributed by atoms with van der Waals surface area (Å²) >= 11 is 0. The van der Waals surface area contributed by atoms with Gasteiger partial charge in [-0.1, -0.05) is 0 Å². The zero-order valence-electron chi connectivity index (χ0n) is 15.6. The molecule has 7 heteroatoms. The Balaban J connectivity index is 1.28. The first-order valence-corrected chi connectivity index (χ1v) is 9.78. The van der Waals surface area contributed by atoms with Crippen LogP contribution in [0.1, 0.15) is 30.4 Å². The Kier molecular flexibility index (Phi) is 5.08. The second-order valence-corrected chi connectivity index (χ2v) is 8.22. The predicted octanol–water partition coefficient (Wildman–Crippen LogP) is -0.116. The minimum atomic E-state index is 0.179. The van der Waals surface area contributed by atoms with Crippen LogP contribution in [-0.4, -0.2) is 82.6 Å². The number of nitrogens with zero attached hydrogens (tertiary/aromatic N) is 5. The molecule has 140 valence electrons. The van der Waals surface area contributed by atoms with E-state index in [1.54, 1.807) is 0 Å². The van der Waals surface area contributed by atoms with Crippen LogP contribution in [0.4, 0.5) is 0 Å². The van der Waals surface area contributed by atoms with Crippen LogP contribution in [0.2, 0.25) is 0 Å². The van der Waals surface area contributed by atoms with E-state index in [2.05, 4.69) is 36.9 Å². The van der Waals surface area contributed by atoms with Gasteiger partial charge in [0.2, 0.25) is 0 Å². The van der Waals surface area contributed by atoms with E-state index in [4.69, 9.17) is 5.11 Å². The minimum absolute atomic E-state index is 0.179. The molecule has 3 atom stereocenters. The van der Waals surface area contributed by atoms with E-state index in [1.807, 2.05) is 7.05 Å². The summed E-state index contributed by atoms with van der Waals surface area (Å²) in [5, 5.41) is 21.4. The zero-order chi connectivity index (χ0) is 17.4. The van der Waals surface area contributed by atoms with Crippen molar-refractivity contribution in [1.29, 1.82) is 0 Å². The van der Waals surface area contributed by atoms with Crippen LogP contribution in [0.15, 0.2) is 0 Å². The van der Waals surface area contributed by atoms with Crippen LogP contribution in [-0.2, 0) is 13.6 Å². The standard InChI is InChI=1S/C18H32N6O/c1-22(7-8-25)12-17-20-21-18(23(17)2)13-3-5-24(6-4-13)11-16-14-9-19-10-15(14)16/h13-16,19,25H,3-12H2,1-2H3/t14-,15+,16?. The number of likely N-dealkylation sites (tertiary alicyclic amines) is 1. The molecule has 2 N–H and O–H groups in total. The number of aromatic nitrogens is 3. The lowest BCUT2D eigenvalue weighted by atomic mass is 9.95. The second-order valence-electron chi connectivity index (χ2n) is 8.22. The molecule has 0 radical (unpaired) electrons. The van der Waals surface area contributed by atoms with Crippen molar-refractivity contribution in [2.75, 3.05) is 52.9 Å². The van der Waals surface area contributed by atoms with Crippen molar-refractivity contribution >= 4 is 0 Å². The van der Waals surface area contributed by atoms with Crippen molar-refractivity contribution in [2.45, 2.75) is 25.3 Å². The normalized spacial score (nSPS) is 30.2. The number of aliphatic hydroxyl groups excluding tert-OH is 1. The monoisotopic (exact) mass is 348 g/mol. The minimum Gasteiger partial charge on any atom is -0.395 e. The molecule has 25 heavy (non-hydrogen) atoms. The molecule has 0 aromatic carbocycles. The van der Waals surface area contributed by atoms with Gasteiger partial charge in [-0.05, 0) is 63.8 Å². The molecule has 3 heterocycles. The highest BCUT2D eigenvalue weighted by Gasteiger charge is 2.52. The van der Waals surface area contributed by atoms with Crippen molar-refractivity contribution < 1.29 is 5.11 Å². The molecule has 0 bridgehead atoms. The summed E-state index contributed by atoms with van der Waals surface area (Å²) in [5.74, 6) is 5.56. The molecule has 2 aliphatic heterocycles. The number of aliphatic hydroxyl groups is 1. The number of rotatable bonds is 7. The van der Waals surface area contributed by atoms with E-state index in [-0.39, 0.29) is 6.61 Å². The zero-order valence-corrected chi connectivity index (χ0v) is 15.6. The summed E-state index contributed by atoms with van der Waals surface area (Å²) in [4.78, 5) is 4.75. The average Bonchev–Trinajstić information content (AvgIpc) is 2.95. The van der Waals surface area contributed by atoms with Gasteiger partial charge < -0.3 is 19.9 Å². The molecule has 1 saturated carbocycles. The molecule has 1 aliphatic carbocycles. The van der Waals surface area contributed by atoms with Gasteiger partial charge in [0.05, 0.1) is 13.2 Å². The second kappa shape index (κ2) is 7.31. The maximum Gasteiger partial charge on any atom is 0.146 e. The van der Waals surface area contributed by atoms with Gasteiger partial charge in [-0.15, -0.1) is 10.2 Å². The van der Waals surface area contributed by atoms with Crippen LogP contribution in [0.3, 0.4) is 0 Å². The highest BCUT2D eigenvalue weighted by atomic mass is 16.3. The molecule has 1 aromatic rings. The van der Waals surface area contributed by atoms with Gasteiger partial charge >= 0.3 is 0 Å². The summed E-state index contributed by atoms with van der Waals surface area (Å²) in [6, 6.07) is 0. The van der Waals surface area contributed by atoms with Gasteiger partial charge in [0.1, 0.15) is 11.6 Å². The van der Waals surface area contributed by atoms with E-state index in [1.165, 1.54) is 45.6 Å². The summed E-state index contributed by atoms with van der Waals surface area (Å²) in [5.41, 5.74) is 0. The van der Waals surface area contributed by atoms with Crippen LogP contribution < -0.4 is 5.32 Å². The lowest BCUT2D eigenvalue weighted by Crippen LogP contribution is -2.36. The van der Waals surface area contributed by atoms with E-state index in [0.717, 1.165) is 35.9 Å². The Morgan fingerprint density at radius 3 is 2.60 bits per heavy atom. The van der Waals surface area contributed by atoms with Crippen molar-refractivity contribution in [2.24, 2.45) is 24.8 Å². The molecule has 1 unspecified atom stereocenters. The summed E-state index contributed by atoms with van der Waals surface area (Å²) in [7, 11) is 4.09. The molecular formula is C18H32N6O. The number of likely N-dealkylation sites (N-methyl/N-ethyl adjacent to an activating group) is 1. The number of hydrogen-bond acceptors (Lipinski definition) is 6. The first kappa shape index (κ1) is 17.4. The van der Waals surface area contributed by atoms with Crippen LogP contribution in [0, 0.1) is 17.8 Å². The first-order valence-electron chi connectivity index (χ1n) is 9.78. The highest BCUT2D eigenvalue weighted by molar-refractivity contribution is 5.06. The fraction of sp³-hybridized carbons (Fsp3) is 0.889. The van der Waals surface area contributed by atoms with E-state index in [9.17, 15) is 0 Å². The summed E-state index contributed by atoms with van der Waals surface area (Å²) in [6.07, 6.45) is 2.39. The van der Waals surface area contributed by atoms with E-state index >= 15 is 0 Å². The third-order valence-corrected chi connectivity index (χ3v) is 6.58. The number of nitrogens with one attached hydrogen (secondary N) is 1. The van der Waals surface area contributed by atoms with Crippen molar-refractivity contribution in [1.82, 2.24) is 29.9 Å². The quantitative estimate of drug-likeness (QED) is 0.716. The van der Waals surface area contributed by atoms with Crippen LogP contribution >= 0.6 is 0 Å². The number of fused-ring (bicyclic) bond motifs is 1. The van der Waals surface area contributed by atoms with Gasteiger partial charge in [0, 0.05) is 26.1 Å². The predicted molar refractivity (Wildman–Crippen MR) is 96.2 cm³/mol. The highest BCUT2D eigenvalue weighted by Crippen LogP contribution is 2.49. The number of hydrogen-bond donors (Lipinski definition) is 2. The average molecular weight is 348 g/mol. The molecule has 0 amide bonds. The maximum absolute atomic E-state index is 9.04. The lowest BCUT2D eigenvalue weighted by molar-refractivity contribution is 0.193. The third-order valence-electron chi connectivity index (χ3n) is 6.58. The Hall–Kier alpha value is -1.02. The van der Waals surface area contributed by atoms with Gasteiger partial charge in [0.25, 0.3) is 0 Å². The molecule has 1 aromatic heterocycles. The van der Waals surface area contributed by atoms with Crippen LogP contribution in [0.25, 0.3) is 0 Å². The molecule has 7 nitrogen and oxygen atoms in total. The van der Waals surface area contributed by atoms with E-state index in [0.29, 0.717) is 12.5 Å². The Morgan fingerprint density at radius 1 is 1.20 bits per heavy atom. The topological polar surface area (TPSA) is 69.4 Å². The van der Waals surface area contributed by atoms with Crippen LogP contribution in [0.5, 0.6) is 0 Å². The lowest BCUT2D eigenvalue weighted by Gasteiger charge is -2.32. The molecule has 2 saturated heterocycles. The molecule has 3 aliphatic rings. The third kappa shape index (κ3) is 3.60. The van der Waals surface area contributed by atoms with Gasteiger partial charge in [-0.3, -0.25) is 4.90 Å². The van der Waals surface area contributed by atoms with Crippen molar-refractivity contribution in [3.8, 4) is 0 Å².